The Morgan fingerprint density at radius 1 is 1.53 bits per heavy atom. The topological polar surface area (TPSA) is 99.0 Å². The van der Waals surface area contributed by atoms with Crippen molar-refractivity contribution in [1.29, 1.82) is 0 Å². The Morgan fingerprint density at radius 2 is 2.24 bits per heavy atom. The molecule has 7 nitrogen and oxygen atoms in total. The zero-order chi connectivity index (χ0) is 12.6. The zero-order valence-corrected chi connectivity index (χ0v) is 9.81. The molecule has 2 heterocycles. The van der Waals surface area contributed by atoms with Crippen molar-refractivity contribution >= 4 is 17.4 Å². The SMILES string of the molecule is Cc1cc(C(=O)Nc2c(N)c(C)nn2C)no1. The van der Waals surface area contributed by atoms with E-state index in [-0.39, 0.29) is 11.6 Å². The molecular weight excluding hydrogens is 222 g/mol. The van der Waals surface area contributed by atoms with Crippen molar-refractivity contribution in [3.8, 4) is 0 Å². The highest BCUT2D eigenvalue weighted by Gasteiger charge is 2.16. The van der Waals surface area contributed by atoms with Crippen molar-refractivity contribution in [2.24, 2.45) is 7.05 Å². The third-order valence-corrected chi connectivity index (χ3v) is 2.36. The molecule has 1 amide bonds. The first-order chi connectivity index (χ1) is 7.99. The molecule has 90 valence electrons. The van der Waals surface area contributed by atoms with E-state index in [1.807, 2.05) is 0 Å². The van der Waals surface area contributed by atoms with Crippen molar-refractivity contribution in [1.82, 2.24) is 14.9 Å². The lowest BCUT2D eigenvalue weighted by molar-refractivity contribution is 0.101. The number of carbonyl (C=O) groups excluding carboxylic acids is 1. The first-order valence-electron chi connectivity index (χ1n) is 5.02. The summed E-state index contributed by atoms with van der Waals surface area (Å²) in [5, 5.41) is 10.4. The van der Waals surface area contributed by atoms with Gasteiger partial charge in [-0.1, -0.05) is 5.16 Å². The van der Waals surface area contributed by atoms with Crippen molar-refractivity contribution < 1.29 is 9.32 Å². The molecule has 0 unspecified atom stereocenters. The Hall–Kier alpha value is -2.31. The number of nitrogens with one attached hydrogen (secondary N) is 1. The molecule has 0 radical (unpaired) electrons. The summed E-state index contributed by atoms with van der Waals surface area (Å²) in [6.45, 7) is 3.48. The highest BCUT2D eigenvalue weighted by molar-refractivity contribution is 6.03. The summed E-state index contributed by atoms with van der Waals surface area (Å²) < 4.78 is 6.33. The van der Waals surface area contributed by atoms with Crippen molar-refractivity contribution in [2.75, 3.05) is 11.1 Å². The maximum Gasteiger partial charge on any atom is 0.279 e. The van der Waals surface area contributed by atoms with Gasteiger partial charge in [-0.25, -0.2) is 0 Å². The fourth-order valence-electron chi connectivity index (χ4n) is 1.47. The van der Waals surface area contributed by atoms with E-state index in [0.29, 0.717) is 23.0 Å². The molecule has 2 aromatic rings. The number of hydrogen-bond donors (Lipinski definition) is 2. The maximum atomic E-state index is 11.8. The number of carbonyl (C=O) groups is 1. The monoisotopic (exact) mass is 235 g/mol. The summed E-state index contributed by atoms with van der Waals surface area (Å²) in [6, 6.07) is 1.55. The average molecular weight is 235 g/mol. The van der Waals surface area contributed by atoms with Crippen LogP contribution in [-0.2, 0) is 7.05 Å². The highest BCUT2D eigenvalue weighted by atomic mass is 16.5. The predicted octanol–water partition coefficient (Wildman–Crippen LogP) is 0.859. The molecule has 3 N–H and O–H groups in total. The Morgan fingerprint density at radius 3 is 2.71 bits per heavy atom. The Bertz CT molecular complexity index is 569. The smallest absolute Gasteiger partial charge is 0.279 e. The number of amides is 1. The average Bonchev–Trinajstić information content (AvgIpc) is 2.79. The maximum absolute atomic E-state index is 11.8. The molecule has 17 heavy (non-hydrogen) atoms. The lowest BCUT2D eigenvalue weighted by Crippen LogP contribution is -2.15. The van der Waals surface area contributed by atoms with Crippen molar-refractivity contribution in [2.45, 2.75) is 13.8 Å². The molecule has 0 fully saturated rings. The Kier molecular flexibility index (Phi) is 2.58. The standard InChI is InChI=1S/C10H13N5O2/c1-5-4-7(14-17-5)10(16)12-9-8(11)6(2)13-15(9)3/h4H,11H2,1-3H3,(H,12,16). The molecule has 0 atom stereocenters. The third-order valence-electron chi connectivity index (χ3n) is 2.36. The number of nitrogens with two attached hydrogens (primary N) is 1. The van der Waals surface area contributed by atoms with Crippen LogP contribution in [0.2, 0.25) is 0 Å². The fourth-order valence-corrected chi connectivity index (χ4v) is 1.47. The van der Waals surface area contributed by atoms with Crippen LogP contribution in [-0.4, -0.2) is 20.8 Å². The van der Waals surface area contributed by atoms with Crippen LogP contribution < -0.4 is 11.1 Å². The molecule has 0 aliphatic rings. The largest absolute Gasteiger partial charge is 0.394 e. The van der Waals surface area contributed by atoms with Gasteiger partial charge in [0.15, 0.2) is 11.5 Å². The second kappa shape index (κ2) is 3.93. The lowest BCUT2D eigenvalue weighted by atomic mass is 10.3. The van der Waals surface area contributed by atoms with Crippen LogP contribution in [0, 0.1) is 13.8 Å². The van der Waals surface area contributed by atoms with E-state index in [9.17, 15) is 4.79 Å². The third kappa shape index (κ3) is 1.99. The molecule has 0 spiro atoms. The highest BCUT2D eigenvalue weighted by Crippen LogP contribution is 2.21. The van der Waals surface area contributed by atoms with Gasteiger partial charge < -0.3 is 15.6 Å². The Labute approximate surface area is 97.6 Å². The van der Waals surface area contributed by atoms with Crippen molar-refractivity contribution in [3.05, 3.63) is 23.2 Å². The van der Waals surface area contributed by atoms with E-state index in [2.05, 4.69) is 15.6 Å². The number of rotatable bonds is 2. The molecule has 0 aliphatic carbocycles. The number of nitrogens with zero attached hydrogens (tertiary/aromatic N) is 3. The van der Waals surface area contributed by atoms with Gasteiger partial charge in [0, 0.05) is 13.1 Å². The van der Waals surface area contributed by atoms with Crippen LogP contribution in [0.5, 0.6) is 0 Å². The minimum atomic E-state index is -0.378. The van der Waals surface area contributed by atoms with Crippen molar-refractivity contribution in [3.63, 3.8) is 0 Å². The van der Waals surface area contributed by atoms with E-state index in [0.717, 1.165) is 0 Å². The molecule has 2 aromatic heterocycles. The van der Waals surface area contributed by atoms with Gasteiger partial charge >= 0.3 is 0 Å². The normalized spacial score (nSPS) is 10.5. The van der Waals surface area contributed by atoms with Crippen LogP contribution in [0.15, 0.2) is 10.6 Å². The molecule has 0 saturated heterocycles. The lowest BCUT2D eigenvalue weighted by Gasteiger charge is -2.03. The molecule has 7 heteroatoms. The summed E-state index contributed by atoms with van der Waals surface area (Å²) in [5.41, 5.74) is 7.11. The summed E-state index contributed by atoms with van der Waals surface area (Å²) in [7, 11) is 1.70. The van der Waals surface area contributed by atoms with E-state index < -0.39 is 0 Å². The second-order valence-corrected chi connectivity index (χ2v) is 3.75. The molecule has 0 bridgehead atoms. The Balaban J connectivity index is 2.24. The quantitative estimate of drug-likeness (QED) is 0.804. The summed E-state index contributed by atoms with van der Waals surface area (Å²) in [4.78, 5) is 11.8. The van der Waals surface area contributed by atoms with Gasteiger partial charge in [-0.15, -0.1) is 0 Å². The molecule has 0 aliphatic heterocycles. The van der Waals surface area contributed by atoms with Crippen LogP contribution in [0.25, 0.3) is 0 Å². The van der Waals surface area contributed by atoms with Gasteiger partial charge in [0.1, 0.15) is 5.76 Å². The molecular formula is C10H13N5O2. The molecule has 0 aromatic carbocycles. The number of nitrogen functional groups attached to an aromatic ring is 1. The van der Waals surface area contributed by atoms with Crippen LogP contribution in [0.4, 0.5) is 11.5 Å². The van der Waals surface area contributed by atoms with E-state index in [4.69, 9.17) is 10.3 Å². The fraction of sp³-hybridized carbons (Fsp3) is 0.300. The summed E-state index contributed by atoms with van der Waals surface area (Å²) in [5.74, 6) is 0.647. The van der Waals surface area contributed by atoms with Gasteiger partial charge in [-0.3, -0.25) is 9.48 Å². The summed E-state index contributed by atoms with van der Waals surface area (Å²) >= 11 is 0. The zero-order valence-electron chi connectivity index (χ0n) is 9.81. The number of aryl methyl sites for hydroxylation is 3. The summed E-state index contributed by atoms with van der Waals surface area (Å²) in [6.07, 6.45) is 0. The van der Waals surface area contributed by atoms with E-state index in [1.54, 1.807) is 27.0 Å². The minimum Gasteiger partial charge on any atom is -0.394 e. The van der Waals surface area contributed by atoms with E-state index in [1.165, 1.54) is 4.68 Å². The van der Waals surface area contributed by atoms with Gasteiger partial charge in [-0.2, -0.15) is 5.10 Å². The predicted molar refractivity (Wildman–Crippen MR) is 61.6 cm³/mol. The van der Waals surface area contributed by atoms with Gasteiger partial charge in [0.05, 0.1) is 11.4 Å². The number of hydrogen-bond acceptors (Lipinski definition) is 5. The first kappa shape index (κ1) is 11.2. The van der Waals surface area contributed by atoms with Crippen LogP contribution in [0.3, 0.4) is 0 Å². The minimum absolute atomic E-state index is 0.209. The van der Waals surface area contributed by atoms with Gasteiger partial charge in [0.2, 0.25) is 0 Å². The van der Waals surface area contributed by atoms with Gasteiger partial charge in [0.25, 0.3) is 5.91 Å². The number of aromatic nitrogens is 3. The first-order valence-corrected chi connectivity index (χ1v) is 5.02. The van der Waals surface area contributed by atoms with E-state index >= 15 is 0 Å². The van der Waals surface area contributed by atoms with Crippen LogP contribution >= 0.6 is 0 Å². The van der Waals surface area contributed by atoms with Gasteiger partial charge in [-0.05, 0) is 13.8 Å². The molecule has 2 rings (SSSR count). The molecule has 0 saturated carbocycles. The second-order valence-electron chi connectivity index (χ2n) is 3.75. The number of anilines is 2. The van der Waals surface area contributed by atoms with Crippen LogP contribution in [0.1, 0.15) is 21.9 Å².